The lowest BCUT2D eigenvalue weighted by molar-refractivity contribution is 0.560. The quantitative estimate of drug-likeness (QED) is 0.897. The van der Waals surface area contributed by atoms with E-state index in [9.17, 15) is 8.78 Å². The minimum Gasteiger partial charge on any atom is -0.369 e. The molecule has 21 heavy (non-hydrogen) atoms. The van der Waals surface area contributed by atoms with Crippen LogP contribution in [-0.4, -0.2) is 12.5 Å². The van der Waals surface area contributed by atoms with Gasteiger partial charge in [0, 0.05) is 21.8 Å². The number of hydrogen-bond donors (Lipinski definition) is 1. The van der Waals surface area contributed by atoms with Gasteiger partial charge in [0.1, 0.15) is 11.6 Å². The zero-order valence-corrected chi connectivity index (χ0v) is 12.5. The molecule has 0 saturated heterocycles. The molecule has 108 valence electrons. The average molecular weight is 352 g/mol. The molecule has 1 unspecified atom stereocenters. The van der Waals surface area contributed by atoms with Gasteiger partial charge in [0.15, 0.2) is 5.96 Å². The molecule has 0 radical (unpaired) electrons. The second-order valence-corrected chi connectivity index (χ2v) is 5.64. The van der Waals surface area contributed by atoms with Crippen molar-refractivity contribution < 1.29 is 8.78 Å². The van der Waals surface area contributed by atoms with Crippen molar-refractivity contribution in [3.8, 4) is 0 Å². The summed E-state index contributed by atoms with van der Waals surface area (Å²) in [6.45, 7) is 0.338. The summed E-state index contributed by atoms with van der Waals surface area (Å²) in [5.74, 6) is -0.864. The summed E-state index contributed by atoms with van der Waals surface area (Å²) in [7, 11) is 0. The number of anilines is 1. The minimum atomic E-state index is -0.599. The van der Waals surface area contributed by atoms with Gasteiger partial charge in [-0.05, 0) is 30.3 Å². The summed E-state index contributed by atoms with van der Waals surface area (Å²) < 4.78 is 28.0. The van der Waals surface area contributed by atoms with Gasteiger partial charge in [0.2, 0.25) is 0 Å². The topological polar surface area (TPSA) is 41.6 Å². The van der Waals surface area contributed by atoms with Crippen LogP contribution in [-0.2, 0) is 0 Å². The molecule has 2 aromatic carbocycles. The summed E-state index contributed by atoms with van der Waals surface area (Å²) in [6, 6.07) is 10.7. The van der Waals surface area contributed by atoms with Crippen LogP contribution in [0.25, 0.3) is 0 Å². The van der Waals surface area contributed by atoms with Crippen LogP contribution < -0.4 is 10.6 Å². The van der Waals surface area contributed by atoms with Crippen molar-refractivity contribution in [1.82, 2.24) is 0 Å². The van der Waals surface area contributed by atoms with Crippen LogP contribution >= 0.6 is 15.9 Å². The van der Waals surface area contributed by atoms with Gasteiger partial charge in [-0.25, -0.2) is 8.78 Å². The molecular formula is C15H12BrF2N3. The fraction of sp³-hybridized carbons (Fsp3) is 0.133. The first-order chi connectivity index (χ1) is 10.1. The highest BCUT2D eigenvalue weighted by Crippen LogP contribution is 2.33. The van der Waals surface area contributed by atoms with Gasteiger partial charge in [-0.1, -0.05) is 22.0 Å². The Morgan fingerprint density at radius 2 is 1.86 bits per heavy atom. The maximum Gasteiger partial charge on any atom is 0.196 e. The van der Waals surface area contributed by atoms with Crippen molar-refractivity contribution in [2.45, 2.75) is 6.04 Å². The first-order valence-electron chi connectivity index (χ1n) is 6.36. The van der Waals surface area contributed by atoms with Gasteiger partial charge in [-0.2, -0.15) is 0 Å². The highest BCUT2D eigenvalue weighted by Gasteiger charge is 2.30. The maximum absolute atomic E-state index is 14.0. The van der Waals surface area contributed by atoms with Crippen LogP contribution in [0, 0.1) is 11.6 Å². The van der Waals surface area contributed by atoms with Crippen LogP contribution in [0.15, 0.2) is 51.9 Å². The number of hydrogen-bond acceptors (Lipinski definition) is 3. The van der Waals surface area contributed by atoms with Gasteiger partial charge in [0.25, 0.3) is 0 Å². The minimum absolute atomic E-state index is 0.325. The van der Waals surface area contributed by atoms with Crippen LogP contribution in [0.3, 0.4) is 0 Å². The van der Waals surface area contributed by atoms with Gasteiger partial charge in [-0.15, -0.1) is 0 Å². The number of halogens is 3. The molecule has 0 fully saturated rings. The predicted octanol–water partition coefficient (Wildman–Crippen LogP) is 3.60. The van der Waals surface area contributed by atoms with Crippen molar-refractivity contribution >= 4 is 27.6 Å². The molecule has 0 bridgehead atoms. The Morgan fingerprint density at radius 1 is 1.14 bits per heavy atom. The monoisotopic (exact) mass is 351 g/mol. The predicted molar refractivity (Wildman–Crippen MR) is 82.2 cm³/mol. The molecule has 0 amide bonds. The van der Waals surface area contributed by atoms with Crippen LogP contribution in [0.4, 0.5) is 14.5 Å². The summed E-state index contributed by atoms with van der Waals surface area (Å²) >= 11 is 3.37. The van der Waals surface area contributed by atoms with E-state index in [0.29, 0.717) is 18.1 Å². The first-order valence-corrected chi connectivity index (χ1v) is 7.15. The highest BCUT2D eigenvalue weighted by atomic mass is 79.9. The van der Waals surface area contributed by atoms with E-state index in [1.54, 1.807) is 4.90 Å². The lowest BCUT2D eigenvalue weighted by Gasteiger charge is -2.27. The zero-order valence-electron chi connectivity index (χ0n) is 10.9. The van der Waals surface area contributed by atoms with E-state index in [0.717, 1.165) is 16.2 Å². The number of aliphatic imine (C=N–C) groups is 1. The van der Waals surface area contributed by atoms with Crippen LogP contribution in [0.5, 0.6) is 0 Å². The number of benzene rings is 2. The Morgan fingerprint density at radius 3 is 2.52 bits per heavy atom. The smallest absolute Gasteiger partial charge is 0.196 e. The molecule has 1 aliphatic heterocycles. The molecule has 3 nitrogen and oxygen atoms in total. The summed E-state index contributed by atoms with van der Waals surface area (Å²) in [6.07, 6.45) is 0. The fourth-order valence-corrected chi connectivity index (χ4v) is 2.68. The van der Waals surface area contributed by atoms with Crippen molar-refractivity contribution in [3.63, 3.8) is 0 Å². The largest absolute Gasteiger partial charge is 0.369 e. The number of nitrogens with two attached hydrogens (primary N) is 1. The van der Waals surface area contributed by atoms with Gasteiger partial charge in [-0.3, -0.25) is 4.99 Å². The third kappa shape index (κ3) is 2.63. The number of rotatable bonds is 2. The summed E-state index contributed by atoms with van der Waals surface area (Å²) in [5.41, 5.74) is 7.11. The van der Waals surface area contributed by atoms with Crippen LogP contribution in [0.1, 0.15) is 11.6 Å². The van der Waals surface area contributed by atoms with Crippen molar-refractivity contribution in [2.75, 3.05) is 11.4 Å². The summed E-state index contributed by atoms with van der Waals surface area (Å²) in [4.78, 5) is 5.94. The Balaban J connectivity index is 2.00. The Bertz CT molecular complexity index is 701. The fourth-order valence-electron chi connectivity index (χ4n) is 2.42. The molecular weight excluding hydrogens is 340 g/mol. The van der Waals surface area contributed by atoms with Crippen LogP contribution in [0.2, 0.25) is 0 Å². The van der Waals surface area contributed by atoms with Gasteiger partial charge < -0.3 is 10.6 Å². The molecule has 2 N–H and O–H groups in total. The lowest BCUT2D eigenvalue weighted by atomic mass is 10.0. The Kier molecular flexibility index (Phi) is 3.63. The van der Waals surface area contributed by atoms with Gasteiger partial charge >= 0.3 is 0 Å². The van der Waals surface area contributed by atoms with E-state index < -0.39 is 11.6 Å². The molecule has 0 aliphatic carbocycles. The van der Waals surface area contributed by atoms with Gasteiger partial charge in [0.05, 0.1) is 12.6 Å². The second kappa shape index (κ2) is 5.44. The van der Waals surface area contributed by atoms with E-state index in [-0.39, 0.29) is 6.04 Å². The highest BCUT2D eigenvalue weighted by molar-refractivity contribution is 9.10. The molecule has 1 aliphatic rings. The SMILES string of the molecule is NC1=NCC(c2ccc(F)cc2F)N1c1ccc(Br)cc1. The molecule has 2 aromatic rings. The lowest BCUT2D eigenvalue weighted by Crippen LogP contribution is -2.36. The van der Waals surface area contributed by atoms with Crippen molar-refractivity contribution in [2.24, 2.45) is 10.7 Å². The van der Waals surface area contributed by atoms with E-state index in [2.05, 4.69) is 20.9 Å². The van der Waals surface area contributed by atoms with E-state index in [4.69, 9.17) is 5.73 Å². The van der Waals surface area contributed by atoms with E-state index in [1.165, 1.54) is 12.1 Å². The molecule has 1 atom stereocenters. The summed E-state index contributed by atoms with van der Waals surface area (Å²) in [5, 5.41) is 0. The normalized spacial score (nSPS) is 18.0. The maximum atomic E-state index is 14.0. The second-order valence-electron chi connectivity index (χ2n) is 4.73. The van der Waals surface area contributed by atoms with Crippen molar-refractivity contribution in [1.29, 1.82) is 0 Å². The Hall–Kier alpha value is -1.95. The van der Waals surface area contributed by atoms with Crippen molar-refractivity contribution in [3.05, 3.63) is 64.1 Å². The molecule has 0 saturated carbocycles. The molecule has 0 aromatic heterocycles. The zero-order chi connectivity index (χ0) is 15.0. The number of nitrogens with zero attached hydrogens (tertiary/aromatic N) is 2. The van der Waals surface area contributed by atoms with E-state index in [1.807, 2.05) is 24.3 Å². The first kappa shape index (κ1) is 14.0. The third-order valence-electron chi connectivity index (χ3n) is 3.41. The molecule has 3 rings (SSSR count). The molecule has 6 heteroatoms. The Labute approximate surface area is 129 Å². The molecule has 0 spiro atoms. The third-order valence-corrected chi connectivity index (χ3v) is 3.94. The van der Waals surface area contributed by atoms with E-state index >= 15 is 0 Å². The average Bonchev–Trinajstić information content (AvgIpc) is 2.82. The molecule has 1 heterocycles. The number of guanidine groups is 1. The standard InChI is InChI=1S/C15H12BrF2N3/c16-9-1-4-11(5-2-9)21-14(8-20-15(21)19)12-6-3-10(17)7-13(12)18/h1-7,14H,8H2,(H2,19,20).